The molecule has 0 radical (unpaired) electrons. The van der Waals surface area contributed by atoms with Gasteiger partial charge in [0.1, 0.15) is 0 Å². The van der Waals surface area contributed by atoms with Gasteiger partial charge in [-0.2, -0.15) is 0 Å². The second-order valence-corrected chi connectivity index (χ2v) is 6.47. The van der Waals surface area contributed by atoms with Crippen LogP contribution in [-0.2, 0) is 15.7 Å². The van der Waals surface area contributed by atoms with Gasteiger partial charge in [-0.15, -0.1) is 0 Å². The number of nitrogens with one attached hydrogen (secondary N) is 1. The van der Waals surface area contributed by atoms with Crippen molar-refractivity contribution in [2.24, 2.45) is 0 Å². The van der Waals surface area contributed by atoms with Gasteiger partial charge in [0, 0.05) is 12.2 Å². The Morgan fingerprint density at radius 2 is 1.76 bits per heavy atom. The summed E-state index contributed by atoms with van der Waals surface area (Å²) in [6.07, 6.45) is 0.883. The highest BCUT2D eigenvalue weighted by atomic mass is 16.7. The fraction of sp³-hybridized carbons (Fsp3) is 0.625. The van der Waals surface area contributed by atoms with E-state index in [9.17, 15) is 0 Å². The minimum atomic E-state index is -0.346. The van der Waals surface area contributed by atoms with E-state index in [1.165, 1.54) is 5.56 Å². The first kappa shape index (κ1) is 16.3. The van der Waals surface area contributed by atoms with Gasteiger partial charge in [0.15, 0.2) is 0 Å². The lowest BCUT2D eigenvalue weighted by Gasteiger charge is -2.32. The fourth-order valence-electron chi connectivity index (χ4n) is 2.55. The molecular weight excluding hydrogens is 265 g/mol. The molecule has 0 aliphatic carbocycles. The first-order chi connectivity index (χ1) is 9.82. The van der Waals surface area contributed by atoms with Crippen molar-refractivity contribution in [2.75, 3.05) is 18.5 Å². The Hall–Kier alpha value is -1.04. The van der Waals surface area contributed by atoms with Gasteiger partial charge in [0.2, 0.25) is 0 Å². The van der Waals surface area contributed by atoms with Gasteiger partial charge in [0.05, 0.1) is 17.8 Å². The molecule has 1 saturated heterocycles. The molecule has 0 atom stereocenters. The van der Waals surface area contributed by atoms with Crippen molar-refractivity contribution in [3.63, 3.8) is 0 Å². The maximum atomic E-state index is 9.00. The number of benzene rings is 1. The lowest BCUT2D eigenvalue weighted by Crippen LogP contribution is -2.41. The summed E-state index contributed by atoms with van der Waals surface area (Å²) in [6.45, 7) is 11.0. The van der Waals surface area contributed by atoms with Crippen LogP contribution in [0.3, 0.4) is 0 Å². The minimum Gasteiger partial charge on any atom is -0.399 e. The second-order valence-electron chi connectivity index (χ2n) is 6.47. The summed E-state index contributed by atoms with van der Waals surface area (Å²) in [5.74, 6) is 0. The van der Waals surface area contributed by atoms with Crippen LogP contribution in [0.2, 0.25) is 0 Å². The van der Waals surface area contributed by atoms with Gasteiger partial charge in [-0.25, -0.2) is 0 Å². The van der Waals surface area contributed by atoms with Crippen LogP contribution in [0.15, 0.2) is 18.2 Å². The topological polar surface area (TPSA) is 50.7 Å². The van der Waals surface area contributed by atoms with Crippen LogP contribution < -0.4 is 10.8 Å². The van der Waals surface area contributed by atoms with Crippen LogP contribution >= 0.6 is 0 Å². The van der Waals surface area contributed by atoms with Gasteiger partial charge in [-0.05, 0) is 51.2 Å². The number of hydrogen-bond acceptors (Lipinski definition) is 4. The molecule has 1 aromatic rings. The SMILES string of the molecule is CCc1c(NCCO)cccc1B1OC(C)(C)C(C)(C)O1. The summed E-state index contributed by atoms with van der Waals surface area (Å²) in [7, 11) is -0.346. The first-order valence-corrected chi connectivity index (χ1v) is 7.64. The molecule has 0 amide bonds. The number of aliphatic hydroxyl groups is 1. The van der Waals surface area contributed by atoms with Crippen LogP contribution in [0.1, 0.15) is 40.2 Å². The van der Waals surface area contributed by atoms with E-state index in [2.05, 4.69) is 46.0 Å². The highest BCUT2D eigenvalue weighted by Crippen LogP contribution is 2.37. The zero-order valence-corrected chi connectivity index (χ0v) is 13.7. The van der Waals surface area contributed by atoms with Crippen molar-refractivity contribution in [1.82, 2.24) is 0 Å². The molecule has 5 heteroatoms. The number of anilines is 1. The molecule has 21 heavy (non-hydrogen) atoms. The van der Waals surface area contributed by atoms with E-state index in [0.29, 0.717) is 6.54 Å². The lowest BCUT2D eigenvalue weighted by atomic mass is 9.75. The molecule has 2 rings (SSSR count). The van der Waals surface area contributed by atoms with Crippen LogP contribution in [0.4, 0.5) is 5.69 Å². The Labute approximate surface area is 128 Å². The molecule has 1 fully saturated rings. The van der Waals surface area contributed by atoms with Crippen molar-refractivity contribution in [1.29, 1.82) is 0 Å². The minimum absolute atomic E-state index is 0.115. The zero-order chi connectivity index (χ0) is 15.7. The summed E-state index contributed by atoms with van der Waals surface area (Å²) < 4.78 is 12.3. The van der Waals surface area contributed by atoms with E-state index in [1.807, 2.05) is 12.1 Å². The smallest absolute Gasteiger partial charge is 0.399 e. The van der Waals surface area contributed by atoms with Crippen LogP contribution in [0.25, 0.3) is 0 Å². The summed E-state index contributed by atoms with van der Waals surface area (Å²) >= 11 is 0. The predicted molar refractivity (Wildman–Crippen MR) is 87.1 cm³/mol. The average molecular weight is 291 g/mol. The van der Waals surface area contributed by atoms with E-state index >= 15 is 0 Å². The molecule has 116 valence electrons. The Morgan fingerprint density at radius 1 is 1.14 bits per heavy atom. The summed E-state index contributed by atoms with van der Waals surface area (Å²) in [6, 6.07) is 6.09. The van der Waals surface area contributed by atoms with Gasteiger partial charge in [-0.1, -0.05) is 19.1 Å². The maximum absolute atomic E-state index is 9.00. The van der Waals surface area contributed by atoms with Crippen molar-refractivity contribution in [3.8, 4) is 0 Å². The molecular formula is C16H26BNO3. The largest absolute Gasteiger partial charge is 0.495 e. The normalized spacial score (nSPS) is 19.8. The van der Waals surface area contributed by atoms with Crippen molar-refractivity contribution in [2.45, 2.75) is 52.2 Å². The third-order valence-electron chi connectivity index (χ3n) is 4.50. The Balaban J connectivity index is 2.32. The highest BCUT2D eigenvalue weighted by molar-refractivity contribution is 6.62. The fourth-order valence-corrected chi connectivity index (χ4v) is 2.55. The standard InChI is InChI=1S/C16H26BNO3/c1-6-12-13(8-7-9-14(12)18-10-11-19)17-20-15(2,3)16(4,5)21-17/h7-9,18-19H,6,10-11H2,1-5H3. The van der Waals surface area contributed by atoms with E-state index < -0.39 is 0 Å². The van der Waals surface area contributed by atoms with Gasteiger partial charge < -0.3 is 19.7 Å². The van der Waals surface area contributed by atoms with Crippen LogP contribution in [0, 0.1) is 0 Å². The van der Waals surface area contributed by atoms with E-state index in [0.717, 1.165) is 17.6 Å². The number of hydrogen-bond donors (Lipinski definition) is 2. The van der Waals surface area contributed by atoms with E-state index in [4.69, 9.17) is 14.4 Å². The number of aliphatic hydroxyl groups excluding tert-OH is 1. The Morgan fingerprint density at radius 3 is 2.29 bits per heavy atom. The molecule has 1 heterocycles. The first-order valence-electron chi connectivity index (χ1n) is 7.64. The van der Waals surface area contributed by atoms with Crippen LogP contribution in [-0.4, -0.2) is 36.6 Å². The van der Waals surface area contributed by atoms with Crippen LogP contribution in [0.5, 0.6) is 0 Å². The molecule has 0 aromatic heterocycles. The lowest BCUT2D eigenvalue weighted by molar-refractivity contribution is 0.00578. The summed E-state index contributed by atoms with van der Waals surface area (Å²) in [5.41, 5.74) is 2.62. The molecule has 4 nitrogen and oxygen atoms in total. The number of rotatable bonds is 5. The van der Waals surface area contributed by atoms with Crippen molar-refractivity contribution >= 4 is 18.3 Å². The molecule has 2 N–H and O–H groups in total. The third-order valence-corrected chi connectivity index (χ3v) is 4.50. The zero-order valence-electron chi connectivity index (χ0n) is 13.7. The monoisotopic (exact) mass is 291 g/mol. The Kier molecular flexibility index (Phi) is 4.66. The van der Waals surface area contributed by atoms with Gasteiger partial charge >= 0.3 is 7.12 Å². The molecule has 0 spiro atoms. The molecule has 1 aliphatic rings. The molecule has 0 saturated carbocycles. The van der Waals surface area contributed by atoms with Gasteiger partial charge in [-0.3, -0.25) is 0 Å². The van der Waals surface area contributed by atoms with E-state index in [1.54, 1.807) is 0 Å². The van der Waals surface area contributed by atoms with E-state index in [-0.39, 0.29) is 24.9 Å². The quantitative estimate of drug-likeness (QED) is 0.814. The van der Waals surface area contributed by atoms with Gasteiger partial charge in [0.25, 0.3) is 0 Å². The van der Waals surface area contributed by atoms with Crippen molar-refractivity contribution in [3.05, 3.63) is 23.8 Å². The summed E-state index contributed by atoms with van der Waals surface area (Å²) in [4.78, 5) is 0. The summed E-state index contributed by atoms with van der Waals surface area (Å²) in [5, 5.41) is 12.3. The average Bonchev–Trinajstić information content (AvgIpc) is 2.64. The molecule has 1 aromatic carbocycles. The highest BCUT2D eigenvalue weighted by Gasteiger charge is 2.52. The predicted octanol–water partition coefficient (Wildman–Crippen LogP) is 1.95. The maximum Gasteiger partial charge on any atom is 0.495 e. The Bertz CT molecular complexity index is 486. The molecule has 0 unspecified atom stereocenters. The third kappa shape index (κ3) is 3.10. The molecule has 1 aliphatic heterocycles. The van der Waals surface area contributed by atoms with Crippen molar-refractivity contribution < 1.29 is 14.4 Å². The molecule has 0 bridgehead atoms. The second kappa shape index (κ2) is 5.99.